The van der Waals surface area contributed by atoms with Gasteiger partial charge >= 0.3 is 5.97 Å². The Hall–Kier alpha value is -3.83. The molecule has 2 saturated carbocycles. The van der Waals surface area contributed by atoms with E-state index < -0.39 is 30.1 Å². The van der Waals surface area contributed by atoms with Gasteiger partial charge in [-0.15, -0.1) is 0 Å². The van der Waals surface area contributed by atoms with Crippen LogP contribution in [-0.2, 0) is 41.4 Å². The van der Waals surface area contributed by atoms with Gasteiger partial charge in [0, 0.05) is 44.3 Å². The molecule has 8 rings (SSSR count). The summed E-state index contributed by atoms with van der Waals surface area (Å²) >= 11 is 0. The quantitative estimate of drug-likeness (QED) is 0.237. The normalized spacial score (nSPS) is 32.4. The Morgan fingerprint density at radius 1 is 0.943 bits per heavy atom. The number of hydrogen-bond acceptors (Lipinski definition) is 8. The fourth-order valence-electron chi connectivity index (χ4n) is 9.69. The van der Waals surface area contributed by atoms with Gasteiger partial charge in [0.1, 0.15) is 18.3 Å². The zero-order valence-electron chi connectivity index (χ0n) is 31.0. The molecule has 2 amide bonds. The molecule has 53 heavy (non-hydrogen) atoms. The van der Waals surface area contributed by atoms with E-state index in [1.54, 1.807) is 6.08 Å². The number of rotatable bonds is 9. The predicted octanol–water partition coefficient (Wildman–Crippen LogP) is 5.21. The first-order valence-corrected chi connectivity index (χ1v) is 19.4. The van der Waals surface area contributed by atoms with Crippen molar-refractivity contribution in [2.75, 3.05) is 19.7 Å². The smallest absolute Gasteiger partial charge is 0.338 e. The van der Waals surface area contributed by atoms with E-state index in [2.05, 4.69) is 49.6 Å². The van der Waals surface area contributed by atoms with Crippen LogP contribution < -0.4 is 10.6 Å². The Morgan fingerprint density at radius 2 is 1.70 bits per heavy atom. The van der Waals surface area contributed by atoms with Crippen LogP contribution in [0.3, 0.4) is 0 Å². The van der Waals surface area contributed by atoms with Gasteiger partial charge in [0.2, 0.25) is 11.8 Å². The van der Waals surface area contributed by atoms with Crippen molar-refractivity contribution in [3.63, 3.8) is 0 Å². The highest BCUT2D eigenvalue weighted by Crippen LogP contribution is 2.59. The lowest BCUT2D eigenvalue weighted by Crippen LogP contribution is -2.45. The summed E-state index contributed by atoms with van der Waals surface area (Å²) in [5, 5.41) is 14.3. The predicted molar refractivity (Wildman–Crippen MR) is 197 cm³/mol. The fraction of sp³-hybridized carbons (Fsp3) is 0.558. The molecule has 3 N–H and O–H groups in total. The molecule has 0 bridgehead atoms. The number of amides is 2. The van der Waals surface area contributed by atoms with Gasteiger partial charge in [-0.05, 0) is 91.2 Å². The van der Waals surface area contributed by atoms with Gasteiger partial charge in [-0.2, -0.15) is 0 Å². The van der Waals surface area contributed by atoms with Crippen LogP contribution in [0.25, 0.3) is 6.08 Å². The molecule has 6 aliphatic rings. The van der Waals surface area contributed by atoms with Crippen LogP contribution in [0.1, 0.15) is 92.8 Å². The number of fused-ring (bicyclic) bond motifs is 4. The fourth-order valence-corrected chi connectivity index (χ4v) is 9.69. The van der Waals surface area contributed by atoms with Crippen LogP contribution in [0, 0.1) is 17.3 Å². The third-order valence-corrected chi connectivity index (χ3v) is 12.7. The number of nitrogens with one attached hydrogen (secondary N) is 2. The molecule has 10 heteroatoms. The Morgan fingerprint density at radius 3 is 2.42 bits per heavy atom. The van der Waals surface area contributed by atoms with E-state index in [-0.39, 0.29) is 50.0 Å². The van der Waals surface area contributed by atoms with Gasteiger partial charge in [0.05, 0.1) is 23.9 Å². The Bertz CT molecular complexity index is 1790. The molecule has 2 heterocycles. The van der Waals surface area contributed by atoms with E-state index in [9.17, 15) is 14.4 Å². The lowest BCUT2D eigenvalue weighted by atomic mass is 9.52. The Balaban J connectivity index is 0.964. The van der Waals surface area contributed by atoms with Crippen LogP contribution in [0.4, 0.5) is 0 Å². The van der Waals surface area contributed by atoms with Gasteiger partial charge in [0.15, 0.2) is 5.79 Å². The van der Waals surface area contributed by atoms with Crippen molar-refractivity contribution in [1.82, 2.24) is 10.6 Å². The van der Waals surface area contributed by atoms with Crippen molar-refractivity contribution < 1.29 is 38.4 Å². The first-order chi connectivity index (χ1) is 25.4. The summed E-state index contributed by atoms with van der Waals surface area (Å²) in [5.41, 5.74) is 6.10. The van der Waals surface area contributed by atoms with Crippen molar-refractivity contribution in [2.45, 2.75) is 114 Å². The van der Waals surface area contributed by atoms with Gasteiger partial charge in [-0.3, -0.25) is 9.59 Å². The van der Waals surface area contributed by atoms with Gasteiger partial charge < -0.3 is 34.7 Å². The summed E-state index contributed by atoms with van der Waals surface area (Å²) in [6.45, 7) is 7.20. The van der Waals surface area contributed by atoms with Gasteiger partial charge in [0.25, 0.3) is 0 Å². The molecule has 2 aromatic carbocycles. The summed E-state index contributed by atoms with van der Waals surface area (Å²) in [4.78, 5) is 39.1. The summed E-state index contributed by atoms with van der Waals surface area (Å²) in [6.07, 6.45) is 9.48. The number of ether oxygens (including phenoxy) is 4. The third-order valence-electron chi connectivity index (χ3n) is 12.7. The standard InChI is InChI=1S/C43H52N2O8/c1-41(2)25-32-28(12-13-36-42(3,52-36)16-14-33(32)41)20-26-8-10-27(11-9-26)40(49)50-34-21-31(39(48)45-17-15-37(47)44-18-19-46)22-35-38(34)53-43(51-35)23-29-6-4-5-7-30(29)24-43/h4-11,20,22,32-36,38,46H,12-19,21,23-25H2,1-3H3,(H,44,47)(H,45,48)/t32-,33-,34-,35-,36?,38+,42-/m1/s1. The SMILES string of the molecule is CC1(C)C[C@@H]2C(=Cc3ccc(C(=O)O[C@@H]4CC(C(=O)NCCC(=O)NCCO)=C[C@H]5OC6(Cc7ccccc7C6)O[C@H]54)cc3)CCC3O[C@]3(C)CC[C@H]21. The summed E-state index contributed by atoms with van der Waals surface area (Å²) in [6, 6.07) is 15.8. The van der Waals surface area contributed by atoms with Crippen LogP contribution in [-0.4, -0.2) is 78.4 Å². The molecule has 282 valence electrons. The lowest BCUT2D eigenvalue weighted by Gasteiger charge is -2.53. The van der Waals surface area contributed by atoms with Crippen molar-refractivity contribution in [1.29, 1.82) is 0 Å². The van der Waals surface area contributed by atoms with E-state index in [4.69, 9.17) is 24.1 Å². The largest absolute Gasteiger partial charge is 0.456 e. The minimum atomic E-state index is -0.902. The summed E-state index contributed by atoms with van der Waals surface area (Å²) in [5.74, 6) is -0.765. The highest BCUT2D eigenvalue weighted by molar-refractivity contribution is 5.94. The van der Waals surface area contributed by atoms with Crippen molar-refractivity contribution in [3.8, 4) is 0 Å². The summed E-state index contributed by atoms with van der Waals surface area (Å²) < 4.78 is 25.5. The number of hydrogen-bond donors (Lipinski definition) is 3. The van der Waals surface area contributed by atoms with Crippen LogP contribution in [0.5, 0.6) is 0 Å². The molecule has 2 saturated heterocycles. The first-order valence-electron chi connectivity index (χ1n) is 19.4. The average Bonchev–Trinajstić information content (AvgIpc) is 3.43. The second kappa shape index (κ2) is 14.1. The number of carbonyl (C=O) groups is 3. The van der Waals surface area contributed by atoms with Crippen LogP contribution in [0.15, 0.2) is 65.8 Å². The molecular weight excluding hydrogens is 672 g/mol. The Labute approximate surface area is 311 Å². The number of aliphatic hydroxyl groups excluding tert-OH is 1. The second-order valence-electron chi connectivity index (χ2n) is 16.9. The molecule has 1 spiro atoms. The first kappa shape index (κ1) is 36.2. The highest BCUT2D eigenvalue weighted by atomic mass is 16.8. The molecule has 10 nitrogen and oxygen atoms in total. The monoisotopic (exact) mass is 724 g/mol. The molecule has 0 radical (unpaired) electrons. The van der Waals surface area contributed by atoms with E-state index in [0.717, 1.165) is 36.0 Å². The number of carbonyl (C=O) groups excluding carboxylic acids is 3. The molecule has 2 aliphatic heterocycles. The maximum absolute atomic E-state index is 13.7. The number of aliphatic hydroxyl groups is 1. The topological polar surface area (TPSA) is 136 Å². The van der Waals surface area contributed by atoms with Gasteiger partial charge in [-0.25, -0.2) is 4.79 Å². The number of allylic oxidation sites excluding steroid dienone is 1. The number of esters is 1. The number of benzene rings is 2. The molecule has 4 aliphatic carbocycles. The van der Waals surface area contributed by atoms with Crippen molar-refractivity contribution in [2.24, 2.45) is 17.3 Å². The van der Waals surface area contributed by atoms with Crippen LogP contribution in [0.2, 0.25) is 0 Å². The molecule has 4 fully saturated rings. The second-order valence-corrected chi connectivity index (χ2v) is 16.9. The van der Waals surface area contributed by atoms with Gasteiger partial charge in [-0.1, -0.05) is 61.9 Å². The van der Waals surface area contributed by atoms with E-state index in [1.807, 2.05) is 36.4 Å². The highest BCUT2D eigenvalue weighted by Gasteiger charge is 2.57. The van der Waals surface area contributed by atoms with Crippen LogP contribution >= 0.6 is 0 Å². The maximum Gasteiger partial charge on any atom is 0.338 e. The molecule has 0 aromatic heterocycles. The minimum absolute atomic E-state index is 0.0454. The van der Waals surface area contributed by atoms with E-state index in [0.29, 0.717) is 47.3 Å². The zero-order valence-corrected chi connectivity index (χ0v) is 31.0. The van der Waals surface area contributed by atoms with E-state index in [1.165, 1.54) is 18.4 Å². The Kier molecular flexibility index (Phi) is 9.62. The zero-order chi connectivity index (χ0) is 37.0. The van der Waals surface area contributed by atoms with Crippen molar-refractivity contribution >= 4 is 23.9 Å². The average molecular weight is 725 g/mol. The third kappa shape index (κ3) is 7.35. The summed E-state index contributed by atoms with van der Waals surface area (Å²) in [7, 11) is 0. The van der Waals surface area contributed by atoms with E-state index >= 15 is 0 Å². The molecular formula is C43H52N2O8. The molecule has 2 aromatic rings. The lowest BCUT2D eigenvalue weighted by molar-refractivity contribution is -0.172. The maximum atomic E-state index is 13.7. The molecule has 7 atom stereocenters. The minimum Gasteiger partial charge on any atom is -0.456 e. The van der Waals surface area contributed by atoms with Crippen molar-refractivity contribution in [3.05, 3.63) is 88.0 Å². The number of epoxide rings is 1. The molecule has 1 unspecified atom stereocenters.